The Morgan fingerprint density at radius 1 is 1.05 bits per heavy atom. The van der Waals surface area contributed by atoms with E-state index in [0.29, 0.717) is 46.2 Å². The van der Waals surface area contributed by atoms with E-state index < -0.39 is 17.8 Å². The molecule has 3 aromatic carbocycles. The van der Waals surface area contributed by atoms with Gasteiger partial charge in [-0.2, -0.15) is 0 Å². The van der Waals surface area contributed by atoms with Gasteiger partial charge >= 0.3 is 6.03 Å². The molecule has 0 aromatic heterocycles. The first-order valence-corrected chi connectivity index (χ1v) is 12.5. The molecule has 1 fully saturated rings. The zero-order valence-electron chi connectivity index (χ0n) is 21.4. The molecule has 39 heavy (non-hydrogen) atoms. The summed E-state index contributed by atoms with van der Waals surface area (Å²) in [5.41, 5.74) is 2.62. The minimum Gasteiger partial charge on any atom is -0.490 e. The van der Waals surface area contributed by atoms with Gasteiger partial charge < -0.3 is 9.47 Å². The first-order chi connectivity index (χ1) is 18.7. The number of imide groups is 2. The zero-order valence-corrected chi connectivity index (χ0v) is 22.2. The maximum Gasteiger partial charge on any atom is 0.335 e. The SMILES string of the molecule is C=CCc1cc(/C=C2\C(=O)NC(=O)N(c3cc(Cl)ccc3C)C2=O)cc(OCC)c1OCc1ccc(F)cc1. The van der Waals surface area contributed by atoms with Crippen LogP contribution in [0.4, 0.5) is 14.9 Å². The minimum absolute atomic E-state index is 0.169. The van der Waals surface area contributed by atoms with E-state index in [9.17, 15) is 18.8 Å². The van der Waals surface area contributed by atoms with E-state index in [1.165, 1.54) is 24.3 Å². The van der Waals surface area contributed by atoms with E-state index in [0.717, 1.165) is 10.5 Å². The van der Waals surface area contributed by atoms with Gasteiger partial charge in [-0.05, 0) is 79.4 Å². The van der Waals surface area contributed by atoms with Gasteiger partial charge in [0.25, 0.3) is 11.8 Å². The van der Waals surface area contributed by atoms with E-state index >= 15 is 0 Å². The van der Waals surface area contributed by atoms with Gasteiger partial charge in [0.2, 0.25) is 0 Å². The van der Waals surface area contributed by atoms with Gasteiger partial charge in [0, 0.05) is 10.6 Å². The second kappa shape index (κ2) is 12.0. The second-order valence-corrected chi connectivity index (χ2v) is 9.17. The van der Waals surface area contributed by atoms with Crippen molar-refractivity contribution in [1.82, 2.24) is 5.32 Å². The van der Waals surface area contributed by atoms with E-state index in [2.05, 4.69) is 11.9 Å². The lowest BCUT2D eigenvalue weighted by Gasteiger charge is -2.27. The minimum atomic E-state index is -0.862. The number of nitrogens with zero attached hydrogens (tertiary/aromatic N) is 1. The number of aryl methyl sites for hydroxylation is 1. The molecule has 0 bridgehead atoms. The van der Waals surface area contributed by atoms with Crippen molar-refractivity contribution in [2.24, 2.45) is 0 Å². The number of ether oxygens (including phenoxy) is 2. The molecular formula is C30H26ClFN2O5. The normalized spacial score (nSPS) is 14.4. The largest absolute Gasteiger partial charge is 0.490 e. The average molecular weight is 549 g/mol. The van der Waals surface area contributed by atoms with Gasteiger partial charge in [-0.3, -0.25) is 14.9 Å². The molecule has 1 saturated heterocycles. The Balaban J connectivity index is 1.73. The van der Waals surface area contributed by atoms with Crippen LogP contribution in [-0.4, -0.2) is 24.5 Å². The summed E-state index contributed by atoms with van der Waals surface area (Å²) in [5, 5.41) is 2.56. The van der Waals surface area contributed by atoms with Crippen molar-refractivity contribution in [2.75, 3.05) is 11.5 Å². The fourth-order valence-corrected chi connectivity index (χ4v) is 4.27. The van der Waals surface area contributed by atoms with E-state index in [1.54, 1.807) is 49.4 Å². The van der Waals surface area contributed by atoms with E-state index in [1.807, 2.05) is 6.92 Å². The Morgan fingerprint density at radius 2 is 1.79 bits per heavy atom. The predicted molar refractivity (Wildman–Crippen MR) is 147 cm³/mol. The summed E-state index contributed by atoms with van der Waals surface area (Å²) in [5.74, 6) is -1.08. The number of anilines is 1. The third-order valence-corrected chi connectivity index (χ3v) is 6.17. The number of carbonyl (C=O) groups is 3. The molecule has 4 amide bonds. The van der Waals surface area contributed by atoms with Crippen molar-refractivity contribution in [1.29, 1.82) is 0 Å². The maximum absolute atomic E-state index is 13.4. The summed E-state index contributed by atoms with van der Waals surface area (Å²) in [6.07, 6.45) is 3.49. The van der Waals surface area contributed by atoms with Crippen LogP contribution in [-0.2, 0) is 22.6 Å². The van der Waals surface area contributed by atoms with Gasteiger partial charge in [0.15, 0.2) is 11.5 Å². The van der Waals surface area contributed by atoms with Crippen molar-refractivity contribution < 1.29 is 28.2 Å². The molecule has 3 aromatic rings. The third kappa shape index (κ3) is 6.18. The quantitative estimate of drug-likeness (QED) is 0.197. The molecule has 1 heterocycles. The Bertz CT molecular complexity index is 1480. The van der Waals surface area contributed by atoms with Gasteiger partial charge in [-0.15, -0.1) is 6.58 Å². The predicted octanol–water partition coefficient (Wildman–Crippen LogP) is 6.16. The highest BCUT2D eigenvalue weighted by molar-refractivity contribution is 6.39. The van der Waals surface area contributed by atoms with E-state index in [-0.39, 0.29) is 23.7 Å². The number of halogens is 2. The van der Waals surface area contributed by atoms with Gasteiger partial charge in [0.1, 0.15) is 18.0 Å². The van der Waals surface area contributed by atoms with Crippen LogP contribution >= 0.6 is 11.6 Å². The van der Waals surface area contributed by atoms with Crippen LogP contribution in [0.3, 0.4) is 0 Å². The molecular weight excluding hydrogens is 523 g/mol. The number of carbonyl (C=O) groups excluding carboxylic acids is 3. The number of urea groups is 1. The summed E-state index contributed by atoms with van der Waals surface area (Å²) < 4.78 is 25.2. The fraction of sp³-hybridized carbons (Fsp3) is 0.167. The van der Waals surface area contributed by atoms with Crippen molar-refractivity contribution in [3.8, 4) is 11.5 Å². The molecule has 0 spiro atoms. The topological polar surface area (TPSA) is 84.9 Å². The molecule has 0 aliphatic carbocycles. The number of barbiturate groups is 1. The number of amides is 4. The Labute approximate surface area is 230 Å². The Morgan fingerprint density at radius 3 is 2.49 bits per heavy atom. The summed E-state index contributed by atoms with van der Waals surface area (Å²) >= 11 is 6.11. The first-order valence-electron chi connectivity index (χ1n) is 12.2. The molecule has 9 heteroatoms. The van der Waals surface area contributed by atoms with Crippen molar-refractivity contribution in [3.05, 3.63) is 106 Å². The standard InChI is InChI=1S/C30H26ClFN2O5/c1-4-6-21-13-20(15-26(38-5-2)27(21)39-17-19-8-11-23(32)12-9-19)14-24-28(35)33-30(37)34(29(24)36)25-16-22(31)10-7-18(25)3/h4,7-16H,1,5-6,17H2,2-3H3,(H,33,35,37)/b24-14+. The monoisotopic (exact) mass is 548 g/mol. The lowest BCUT2D eigenvalue weighted by molar-refractivity contribution is -0.122. The van der Waals surface area contributed by atoms with E-state index in [4.69, 9.17) is 21.1 Å². The number of allylic oxidation sites excluding steroid dienone is 1. The number of rotatable bonds is 9. The van der Waals surface area contributed by atoms with Crippen molar-refractivity contribution >= 4 is 41.2 Å². The third-order valence-electron chi connectivity index (χ3n) is 5.94. The highest BCUT2D eigenvalue weighted by Gasteiger charge is 2.37. The summed E-state index contributed by atoms with van der Waals surface area (Å²) in [4.78, 5) is 39.7. The molecule has 4 rings (SSSR count). The molecule has 1 N–H and O–H groups in total. The first kappa shape index (κ1) is 27.6. The van der Waals surface area contributed by atoms with Crippen LogP contribution in [0, 0.1) is 12.7 Å². The lowest BCUT2D eigenvalue weighted by Crippen LogP contribution is -2.54. The number of hydrogen-bond donors (Lipinski definition) is 1. The van der Waals surface area contributed by atoms with Crippen LogP contribution in [0.15, 0.2) is 72.8 Å². The highest BCUT2D eigenvalue weighted by Crippen LogP contribution is 2.36. The van der Waals surface area contributed by atoms with Crippen LogP contribution in [0.1, 0.15) is 29.2 Å². The molecule has 0 unspecified atom stereocenters. The second-order valence-electron chi connectivity index (χ2n) is 8.74. The molecule has 1 aliphatic heterocycles. The molecule has 0 saturated carbocycles. The Hall–Kier alpha value is -4.43. The summed E-state index contributed by atoms with van der Waals surface area (Å²) in [6, 6.07) is 13.3. The van der Waals surface area contributed by atoms with Crippen LogP contribution in [0.25, 0.3) is 6.08 Å². The van der Waals surface area contributed by atoms with Gasteiger partial charge in [0.05, 0.1) is 12.3 Å². The number of hydrogen-bond acceptors (Lipinski definition) is 5. The van der Waals surface area contributed by atoms with Crippen molar-refractivity contribution in [3.63, 3.8) is 0 Å². The summed E-state index contributed by atoms with van der Waals surface area (Å²) in [7, 11) is 0. The van der Waals surface area contributed by atoms with Crippen molar-refractivity contribution in [2.45, 2.75) is 26.9 Å². The smallest absolute Gasteiger partial charge is 0.335 e. The number of benzene rings is 3. The van der Waals surface area contributed by atoms with Crippen LogP contribution in [0.5, 0.6) is 11.5 Å². The van der Waals surface area contributed by atoms with Gasteiger partial charge in [-0.25, -0.2) is 14.1 Å². The van der Waals surface area contributed by atoms with Gasteiger partial charge in [-0.1, -0.05) is 35.9 Å². The maximum atomic E-state index is 13.4. The van der Waals surface area contributed by atoms with Crippen LogP contribution in [0.2, 0.25) is 5.02 Å². The highest BCUT2D eigenvalue weighted by atomic mass is 35.5. The van der Waals surface area contributed by atoms with Crippen LogP contribution < -0.4 is 19.7 Å². The fourth-order valence-electron chi connectivity index (χ4n) is 4.10. The average Bonchev–Trinajstić information content (AvgIpc) is 2.89. The molecule has 1 aliphatic rings. The zero-order chi connectivity index (χ0) is 28.1. The number of nitrogens with one attached hydrogen (secondary N) is 1. The molecule has 0 atom stereocenters. The molecule has 0 radical (unpaired) electrons. The Kier molecular flexibility index (Phi) is 8.46. The molecule has 200 valence electrons. The summed E-state index contributed by atoms with van der Waals surface area (Å²) in [6.45, 7) is 7.85. The molecule has 7 nitrogen and oxygen atoms in total. The lowest BCUT2D eigenvalue weighted by atomic mass is 10.0.